The second-order valence-corrected chi connectivity index (χ2v) is 6.05. The van der Waals surface area contributed by atoms with Crippen LogP contribution in [0.2, 0.25) is 5.02 Å². The molecule has 0 bridgehead atoms. The molecular weight excluding hydrogens is 298 g/mol. The minimum absolute atomic E-state index is 0.0748. The molecule has 0 amide bonds. The lowest BCUT2D eigenvalue weighted by molar-refractivity contribution is 0.399. The third-order valence-corrected chi connectivity index (χ3v) is 4.17. The number of nitrogens with one attached hydrogen (secondary N) is 1. The molecule has 0 spiro atoms. The van der Waals surface area contributed by atoms with Crippen molar-refractivity contribution >= 4 is 27.4 Å². The fourth-order valence-electron chi connectivity index (χ4n) is 1.50. The molecule has 2 aromatic rings. The molecular formula is C13H12ClN3O2S. The molecule has 0 saturated carbocycles. The van der Waals surface area contributed by atoms with E-state index in [1.54, 1.807) is 30.5 Å². The van der Waals surface area contributed by atoms with Crippen molar-refractivity contribution in [2.45, 2.75) is 5.03 Å². The molecule has 2 aromatic heterocycles. The average molecular weight is 310 g/mol. The maximum Gasteiger partial charge on any atom is 0.181 e. The van der Waals surface area contributed by atoms with E-state index in [0.29, 0.717) is 16.5 Å². The number of ether oxygens (including phenoxy) is 1. The van der Waals surface area contributed by atoms with Crippen LogP contribution in [-0.4, -0.2) is 21.3 Å². The summed E-state index contributed by atoms with van der Waals surface area (Å²) < 4.78 is 25.4. The van der Waals surface area contributed by atoms with Gasteiger partial charge in [-0.05, 0) is 30.3 Å². The summed E-state index contributed by atoms with van der Waals surface area (Å²) in [5, 5.41) is 1.73. The molecule has 20 heavy (non-hydrogen) atoms. The van der Waals surface area contributed by atoms with E-state index < -0.39 is 9.73 Å². The molecule has 0 aliphatic carbocycles. The number of pyridine rings is 2. The van der Waals surface area contributed by atoms with Gasteiger partial charge >= 0.3 is 0 Å². The number of methoxy groups -OCH3 is 1. The lowest BCUT2D eigenvalue weighted by Gasteiger charge is -2.07. The number of aromatic nitrogens is 2. The Morgan fingerprint density at radius 2 is 2.00 bits per heavy atom. The largest absolute Gasteiger partial charge is 0.494 e. The van der Waals surface area contributed by atoms with Gasteiger partial charge in [-0.15, -0.1) is 0 Å². The molecule has 2 heterocycles. The second kappa shape index (κ2) is 6.02. The lowest BCUT2D eigenvalue weighted by Crippen LogP contribution is -2.01. The van der Waals surface area contributed by atoms with Crippen LogP contribution in [0.1, 0.15) is 5.69 Å². The average Bonchev–Trinajstić information content (AvgIpc) is 2.46. The lowest BCUT2D eigenvalue weighted by atomic mass is 10.3. The molecule has 1 unspecified atom stereocenters. The van der Waals surface area contributed by atoms with Crippen molar-refractivity contribution in [3.8, 4) is 5.75 Å². The van der Waals surface area contributed by atoms with Crippen LogP contribution in [0, 0.1) is 4.78 Å². The van der Waals surface area contributed by atoms with Crippen LogP contribution in [0.15, 0.2) is 47.1 Å². The van der Waals surface area contributed by atoms with Gasteiger partial charge in [-0.1, -0.05) is 11.6 Å². The standard InChI is InChI=1S/C13H12ClN3O2S/c1-19-12-5-3-8-17-13(12)20(15,18)9-6-11-10(14)4-2-7-16-11/h2-9,15H,1H3/b9-6+. The molecule has 0 radical (unpaired) electrons. The van der Waals surface area contributed by atoms with Gasteiger partial charge in [0.1, 0.15) is 9.73 Å². The first-order valence-electron chi connectivity index (χ1n) is 5.61. The van der Waals surface area contributed by atoms with Crippen molar-refractivity contribution in [1.29, 1.82) is 4.78 Å². The van der Waals surface area contributed by atoms with Gasteiger partial charge in [0.2, 0.25) is 0 Å². The fraction of sp³-hybridized carbons (Fsp3) is 0.0769. The van der Waals surface area contributed by atoms with Crippen LogP contribution in [0.3, 0.4) is 0 Å². The predicted octanol–water partition coefficient (Wildman–Crippen LogP) is 3.22. The van der Waals surface area contributed by atoms with Gasteiger partial charge in [-0.3, -0.25) is 4.98 Å². The fourth-order valence-corrected chi connectivity index (χ4v) is 2.81. The highest BCUT2D eigenvalue weighted by Crippen LogP contribution is 2.23. The first-order chi connectivity index (χ1) is 9.54. The Kier molecular flexibility index (Phi) is 4.36. The van der Waals surface area contributed by atoms with Gasteiger partial charge in [0.15, 0.2) is 10.8 Å². The molecule has 0 fully saturated rings. The zero-order chi connectivity index (χ0) is 14.6. The topological polar surface area (TPSA) is 75.9 Å². The van der Waals surface area contributed by atoms with Crippen molar-refractivity contribution in [1.82, 2.24) is 9.97 Å². The van der Waals surface area contributed by atoms with Crippen molar-refractivity contribution in [2.24, 2.45) is 0 Å². The molecule has 1 N–H and O–H groups in total. The van der Waals surface area contributed by atoms with Gasteiger partial charge < -0.3 is 4.74 Å². The summed E-state index contributed by atoms with van der Waals surface area (Å²) in [5.41, 5.74) is 0.448. The van der Waals surface area contributed by atoms with Crippen LogP contribution in [-0.2, 0) is 9.73 Å². The maximum absolute atomic E-state index is 12.4. The molecule has 0 aromatic carbocycles. The van der Waals surface area contributed by atoms with Gasteiger partial charge in [0.25, 0.3) is 0 Å². The number of rotatable bonds is 4. The van der Waals surface area contributed by atoms with Crippen LogP contribution < -0.4 is 4.74 Å². The van der Waals surface area contributed by atoms with Crippen LogP contribution in [0.25, 0.3) is 6.08 Å². The van der Waals surface area contributed by atoms with Gasteiger partial charge in [-0.2, -0.15) is 0 Å². The molecule has 0 aliphatic rings. The Morgan fingerprint density at radius 1 is 1.30 bits per heavy atom. The zero-order valence-corrected chi connectivity index (χ0v) is 12.2. The van der Waals surface area contributed by atoms with E-state index in [2.05, 4.69) is 9.97 Å². The van der Waals surface area contributed by atoms with E-state index >= 15 is 0 Å². The summed E-state index contributed by atoms with van der Waals surface area (Å²) in [6, 6.07) is 6.62. The molecule has 0 aliphatic heterocycles. The first kappa shape index (κ1) is 14.5. The van der Waals surface area contributed by atoms with Crippen molar-refractivity contribution in [2.75, 3.05) is 7.11 Å². The van der Waals surface area contributed by atoms with Crippen LogP contribution in [0.4, 0.5) is 0 Å². The summed E-state index contributed by atoms with van der Waals surface area (Å²) >= 11 is 5.95. The van der Waals surface area contributed by atoms with Gasteiger partial charge in [0, 0.05) is 17.8 Å². The van der Waals surface area contributed by atoms with E-state index in [4.69, 9.17) is 21.1 Å². The second-order valence-electron chi connectivity index (χ2n) is 3.78. The maximum atomic E-state index is 12.4. The van der Waals surface area contributed by atoms with Gasteiger partial charge in [0.05, 0.1) is 17.8 Å². The van der Waals surface area contributed by atoms with Crippen molar-refractivity contribution < 1.29 is 8.95 Å². The Hall–Kier alpha value is -1.92. The highest BCUT2D eigenvalue weighted by atomic mass is 35.5. The molecule has 5 nitrogen and oxygen atoms in total. The van der Waals surface area contributed by atoms with Crippen molar-refractivity contribution in [3.05, 3.63) is 52.8 Å². The highest BCUT2D eigenvalue weighted by Gasteiger charge is 2.14. The number of halogens is 1. The SMILES string of the molecule is COc1cccnc1S(=N)(=O)/C=C/c1ncccc1Cl. The summed E-state index contributed by atoms with van der Waals surface area (Å²) in [5.74, 6) is 0.310. The summed E-state index contributed by atoms with van der Waals surface area (Å²) in [7, 11) is -1.79. The number of hydrogen-bond acceptors (Lipinski definition) is 5. The van der Waals surface area contributed by atoms with Crippen LogP contribution >= 0.6 is 11.6 Å². The van der Waals surface area contributed by atoms with E-state index in [0.717, 1.165) is 0 Å². The third kappa shape index (κ3) is 3.15. The van der Waals surface area contributed by atoms with E-state index in [1.165, 1.54) is 24.8 Å². The Morgan fingerprint density at radius 3 is 2.70 bits per heavy atom. The molecule has 2 rings (SSSR count). The first-order valence-corrected chi connectivity index (χ1v) is 7.61. The predicted molar refractivity (Wildman–Crippen MR) is 78.2 cm³/mol. The minimum Gasteiger partial charge on any atom is -0.494 e. The molecule has 0 saturated heterocycles. The monoisotopic (exact) mass is 309 g/mol. The molecule has 1 atom stereocenters. The van der Waals surface area contributed by atoms with E-state index in [1.807, 2.05) is 0 Å². The highest BCUT2D eigenvalue weighted by molar-refractivity contribution is 7.95. The molecule has 104 valence electrons. The number of hydrogen-bond donors (Lipinski definition) is 1. The van der Waals surface area contributed by atoms with Crippen LogP contribution in [0.5, 0.6) is 5.75 Å². The third-order valence-electron chi connectivity index (χ3n) is 2.45. The smallest absolute Gasteiger partial charge is 0.181 e. The molecule has 7 heteroatoms. The Bertz CT molecular complexity index is 745. The Labute approximate surface area is 122 Å². The van der Waals surface area contributed by atoms with E-state index in [-0.39, 0.29) is 5.03 Å². The van der Waals surface area contributed by atoms with Gasteiger partial charge in [-0.25, -0.2) is 14.0 Å². The summed E-state index contributed by atoms with van der Waals surface area (Å²) in [6.45, 7) is 0. The number of nitrogens with zero attached hydrogens (tertiary/aromatic N) is 2. The summed E-state index contributed by atoms with van der Waals surface area (Å²) in [4.78, 5) is 8.00. The quantitative estimate of drug-likeness (QED) is 0.941. The summed E-state index contributed by atoms with van der Waals surface area (Å²) in [6.07, 6.45) is 4.48. The normalized spacial score (nSPS) is 14.1. The Balaban J connectivity index is 2.39. The van der Waals surface area contributed by atoms with Crippen molar-refractivity contribution in [3.63, 3.8) is 0 Å². The minimum atomic E-state index is -3.23. The van der Waals surface area contributed by atoms with E-state index in [9.17, 15) is 4.21 Å². The zero-order valence-electron chi connectivity index (χ0n) is 10.6.